The number of thioether (sulfide) groups is 1. The van der Waals surface area contributed by atoms with Crippen LogP contribution in [0.15, 0.2) is 29.7 Å². The first kappa shape index (κ1) is 16.4. The third-order valence-corrected chi connectivity index (χ3v) is 4.09. The van der Waals surface area contributed by atoms with Gasteiger partial charge in [0.05, 0.1) is 12.2 Å². The summed E-state index contributed by atoms with van der Waals surface area (Å²) in [5, 5.41) is 3.18. The minimum atomic E-state index is -0.137. The molecule has 118 valence electrons. The first-order chi connectivity index (χ1) is 9.89. The van der Waals surface area contributed by atoms with Crippen molar-refractivity contribution in [1.82, 2.24) is 10.2 Å². The fourth-order valence-electron chi connectivity index (χ4n) is 2.01. The molecule has 0 aliphatic carbocycles. The molecule has 0 aromatic rings. The smallest absolute Gasteiger partial charge is 0.145 e. The van der Waals surface area contributed by atoms with Crippen LogP contribution < -0.4 is 5.32 Å². The van der Waals surface area contributed by atoms with Crippen molar-refractivity contribution < 1.29 is 9.47 Å². The van der Waals surface area contributed by atoms with Gasteiger partial charge in [-0.25, -0.2) is 4.99 Å². The standard InChI is InChI=1S/C15H25N3O2S/c1-6-16-12-7-8-18(11(2)17-12)13-10-21-14(20-13)9-19-15(3,4)5/h7-8,13-14H,2,6,9-10H2,1,3-5H3,(H,16,17)/t13-,14+/m1/s1. The second kappa shape index (κ2) is 6.85. The lowest BCUT2D eigenvalue weighted by atomic mass is 10.2. The van der Waals surface area contributed by atoms with E-state index in [2.05, 4.69) is 37.7 Å². The molecule has 21 heavy (non-hydrogen) atoms. The van der Waals surface area contributed by atoms with Crippen molar-refractivity contribution >= 4 is 17.6 Å². The normalized spacial score (nSPS) is 26.2. The Morgan fingerprint density at radius 2 is 2.33 bits per heavy atom. The molecule has 0 bridgehead atoms. The van der Waals surface area contributed by atoms with Crippen LogP contribution in [0, 0.1) is 0 Å². The maximum atomic E-state index is 6.02. The number of rotatable bonds is 4. The van der Waals surface area contributed by atoms with E-state index in [1.54, 1.807) is 11.8 Å². The largest absolute Gasteiger partial charge is 0.372 e. The van der Waals surface area contributed by atoms with Gasteiger partial charge in [-0.05, 0) is 33.8 Å². The van der Waals surface area contributed by atoms with Crippen molar-refractivity contribution in [3.63, 3.8) is 0 Å². The lowest BCUT2D eigenvalue weighted by Gasteiger charge is -2.29. The molecule has 2 aliphatic rings. The van der Waals surface area contributed by atoms with Crippen molar-refractivity contribution in [2.45, 2.75) is 45.0 Å². The van der Waals surface area contributed by atoms with Gasteiger partial charge in [0, 0.05) is 18.5 Å². The zero-order valence-electron chi connectivity index (χ0n) is 13.3. The van der Waals surface area contributed by atoms with Gasteiger partial charge in [-0.3, -0.25) is 0 Å². The Morgan fingerprint density at radius 1 is 1.57 bits per heavy atom. The van der Waals surface area contributed by atoms with Crippen LogP contribution in [0.4, 0.5) is 0 Å². The maximum absolute atomic E-state index is 6.02. The summed E-state index contributed by atoms with van der Waals surface area (Å²) in [7, 11) is 0. The highest BCUT2D eigenvalue weighted by Crippen LogP contribution is 2.31. The Morgan fingerprint density at radius 3 is 2.95 bits per heavy atom. The zero-order chi connectivity index (χ0) is 15.5. The molecule has 2 aliphatic heterocycles. The molecule has 0 saturated carbocycles. The Labute approximate surface area is 131 Å². The Balaban J connectivity index is 1.85. The molecule has 0 unspecified atom stereocenters. The molecule has 0 amide bonds. The van der Waals surface area contributed by atoms with E-state index >= 15 is 0 Å². The first-order valence-electron chi connectivity index (χ1n) is 7.28. The van der Waals surface area contributed by atoms with Gasteiger partial charge >= 0.3 is 0 Å². The lowest BCUT2D eigenvalue weighted by Crippen LogP contribution is -2.36. The Bertz CT molecular complexity index is 443. The minimum absolute atomic E-state index is 0.0285. The highest BCUT2D eigenvalue weighted by Gasteiger charge is 2.32. The van der Waals surface area contributed by atoms with E-state index in [0.717, 1.165) is 18.1 Å². The predicted octanol–water partition coefficient (Wildman–Crippen LogP) is 2.53. The lowest BCUT2D eigenvalue weighted by molar-refractivity contribution is -0.0748. The molecule has 6 heteroatoms. The van der Waals surface area contributed by atoms with E-state index in [1.165, 1.54) is 0 Å². The van der Waals surface area contributed by atoms with Crippen molar-refractivity contribution in [2.75, 3.05) is 18.9 Å². The quantitative estimate of drug-likeness (QED) is 0.864. The van der Waals surface area contributed by atoms with Crippen LogP contribution in [0.2, 0.25) is 0 Å². The van der Waals surface area contributed by atoms with Crippen LogP contribution >= 0.6 is 11.8 Å². The van der Waals surface area contributed by atoms with Gasteiger partial charge in [0.25, 0.3) is 0 Å². The van der Waals surface area contributed by atoms with Crippen LogP contribution in [0.25, 0.3) is 0 Å². The van der Waals surface area contributed by atoms with E-state index in [0.29, 0.717) is 12.4 Å². The average molecular weight is 311 g/mol. The molecule has 0 spiro atoms. The Kier molecular flexibility index (Phi) is 5.35. The number of hydrogen-bond donors (Lipinski definition) is 1. The molecule has 0 aromatic carbocycles. The number of ether oxygens (including phenoxy) is 2. The first-order valence-corrected chi connectivity index (χ1v) is 8.33. The van der Waals surface area contributed by atoms with E-state index in [4.69, 9.17) is 9.47 Å². The van der Waals surface area contributed by atoms with Crippen LogP contribution in [0.1, 0.15) is 27.7 Å². The SMILES string of the molecule is C=C1N=C(NCC)C=CN1[C@H]1CS[C@@H](COC(C)(C)C)O1. The van der Waals surface area contributed by atoms with Gasteiger partial charge in [0.1, 0.15) is 23.3 Å². The molecule has 2 atom stereocenters. The van der Waals surface area contributed by atoms with Crippen molar-refractivity contribution in [3.8, 4) is 0 Å². The van der Waals surface area contributed by atoms with E-state index < -0.39 is 0 Å². The van der Waals surface area contributed by atoms with Gasteiger partial charge in [-0.15, -0.1) is 11.8 Å². The monoisotopic (exact) mass is 311 g/mol. The summed E-state index contributed by atoms with van der Waals surface area (Å²) < 4.78 is 11.8. The molecule has 0 aromatic heterocycles. The summed E-state index contributed by atoms with van der Waals surface area (Å²) in [6.07, 6.45) is 3.90. The van der Waals surface area contributed by atoms with Crippen molar-refractivity contribution in [2.24, 2.45) is 4.99 Å². The minimum Gasteiger partial charge on any atom is -0.372 e. The summed E-state index contributed by atoms with van der Waals surface area (Å²) in [5.41, 5.74) is -0.0728. The number of likely N-dealkylation sites (N-methyl/N-ethyl adjacent to an activating group) is 1. The summed E-state index contributed by atoms with van der Waals surface area (Å²) in [5.74, 6) is 2.43. The van der Waals surface area contributed by atoms with Crippen LogP contribution in [0.5, 0.6) is 0 Å². The van der Waals surface area contributed by atoms with Gasteiger partial charge < -0.3 is 19.7 Å². The molecule has 1 N–H and O–H groups in total. The molecule has 0 radical (unpaired) electrons. The molecule has 2 heterocycles. The van der Waals surface area contributed by atoms with Gasteiger partial charge in [-0.2, -0.15) is 0 Å². The summed E-state index contributed by atoms with van der Waals surface area (Å²) in [6, 6.07) is 0. The third kappa shape index (κ3) is 4.76. The van der Waals surface area contributed by atoms with Crippen LogP contribution in [-0.2, 0) is 9.47 Å². The molecule has 2 rings (SSSR count). The van der Waals surface area contributed by atoms with Crippen molar-refractivity contribution in [3.05, 3.63) is 24.7 Å². The summed E-state index contributed by atoms with van der Waals surface area (Å²) in [4.78, 5) is 6.42. The third-order valence-electron chi connectivity index (χ3n) is 2.99. The van der Waals surface area contributed by atoms with E-state index in [1.807, 2.05) is 24.1 Å². The summed E-state index contributed by atoms with van der Waals surface area (Å²) in [6.45, 7) is 13.7. The fraction of sp³-hybridized carbons (Fsp3) is 0.667. The molecule has 1 fully saturated rings. The molecular formula is C15H25N3O2S. The topological polar surface area (TPSA) is 46.1 Å². The van der Waals surface area contributed by atoms with Gasteiger partial charge in [0.2, 0.25) is 0 Å². The second-order valence-corrected chi connectivity index (χ2v) is 7.14. The van der Waals surface area contributed by atoms with Crippen LogP contribution in [-0.4, -0.2) is 46.9 Å². The average Bonchev–Trinajstić information content (AvgIpc) is 2.85. The highest BCUT2D eigenvalue weighted by molar-refractivity contribution is 8.00. The summed E-state index contributed by atoms with van der Waals surface area (Å²) >= 11 is 1.77. The van der Waals surface area contributed by atoms with E-state index in [-0.39, 0.29) is 17.3 Å². The zero-order valence-corrected chi connectivity index (χ0v) is 14.1. The predicted molar refractivity (Wildman–Crippen MR) is 88.1 cm³/mol. The van der Waals surface area contributed by atoms with Gasteiger partial charge in [-0.1, -0.05) is 6.58 Å². The number of nitrogens with one attached hydrogen (secondary N) is 1. The molecule has 1 saturated heterocycles. The Hall–Kier alpha value is -0.980. The number of aliphatic imine (C=N–C) groups is 1. The maximum Gasteiger partial charge on any atom is 0.145 e. The molecule has 5 nitrogen and oxygen atoms in total. The van der Waals surface area contributed by atoms with Crippen molar-refractivity contribution in [1.29, 1.82) is 0 Å². The number of hydrogen-bond acceptors (Lipinski definition) is 6. The van der Waals surface area contributed by atoms with Crippen LogP contribution in [0.3, 0.4) is 0 Å². The van der Waals surface area contributed by atoms with E-state index in [9.17, 15) is 0 Å². The van der Waals surface area contributed by atoms with Gasteiger partial charge in [0.15, 0.2) is 0 Å². The second-order valence-electron chi connectivity index (χ2n) is 5.94. The highest BCUT2D eigenvalue weighted by atomic mass is 32.2. The fourth-order valence-corrected chi connectivity index (χ4v) is 3.00. The number of amidine groups is 1. The molecular weight excluding hydrogens is 286 g/mol. The number of nitrogens with zero attached hydrogens (tertiary/aromatic N) is 2.